The number of hydrogen-bond acceptors (Lipinski definition) is 4. The molecule has 156 valence electrons. The van der Waals surface area contributed by atoms with Crippen LogP contribution in [0.1, 0.15) is 29.7 Å². The molecule has 0 amide bonds. The number of ether oxygens (including phenoxy) is 1. The predicted octanol–water partition coefficient (Wildman–Crippen LogP) is 5.02. The highest BCUT2D eigenvalue weighted by Crippen LogP contribution is 2.39. The van der Waals surface area contributed by atoms with E-state index in [1.807, 2.05) is 60.7 Å². The summed E-state index contributed by atoms with van der Waals surface area (Å²) in [6.45, 7) is 1.85. The van der Waals surface area contributed by atoms with Crippen LogP contribution in [-0.4, -0.2) is 28.4 Å². The summed E-state index contributed by atoms with van der Waals surface area (Å²) in [5.74, 6) is -5.30. The van der Waals surface area contributed by atoms with E-state index in [2.05, 4.69) is 4.98 Å². The molecule has 1 atom stereocenters. The van der Waals surface area contributed by atoms with E-state index in [0.717, 1.165) is 11.1 Å². The van der Waals surface area contributed by atoms with Crippen LogP contribution in [0.5, 0.6) is 0 Å². The largest absolute Gasteiger partial charge is 0.462 e. The van der Waals surface area contributed by atoms with Crippen molar-refractivity contribution in [2.45, 2.75) is 32.0 Å². The number of halogens is 2. The van der Waals surface area contributed by atoms with Crippen molar-refractivity contribution in [1.29, 1.82) is 0 Å². The van der Waals surface area contributed by atoms with Crippen LogP contribution in [-0.2, 0) is 22.6 Å². The average molecular weight is 410 g/mol. The van der Waals surface area contributed by atoms with E-state index in [1.165, 1.54) is 19.3 Å². The second-order valence-electron chi connectivity index (χ2n) is 6.91. The molecule has 30 heavy (non-hydrogen) atoms. The Balaban J connectivity index is 2.06. The Bertz CT molecular complexity index is 880. The normalized spacial score (nSPS) is 12.5. The molecule has 1 aromatic heterocycles. The van der Waals surface area contributed by atoms with Gasteiger partial charge in [0, 0.05) is 25.5 Å². The van der Waals surface area contributed by atoms with Crippen molar-refractivity contribution in [1.82, 2.24) is 9.88 Å². The van der Waals surface area contributed by atoms with Crippen LogP contribution in [0.25, 0.3) is 0 Å². The van der Waals surface area contributed by atoms with Crippen LogP contribution in [0.15, 0.2) is 85.2 Å². The molecular formula is C24H24F2N2O2. The van der Waals surface area contributed by atoms with Gasteiger partial charge in [-0.25, -0.2) is 4.79 Å². The maximum atomic E-state index is 15.5. The summed E-state index contributed by atoms with van der Waals surface area (Å²) in [5.41, 5.74) is 1.98. The molecule has 0 N–H and O–H groups in total. The van der Waals surface area contributed by atoms with Crippen molar-refractivity contribution in [2.24, 2.45) is 0 Å². The molecule has 0 bridgehead atoms. The lowest BCUT2D eigenvalue weighted by molar-refractivity contribution is -0.184. The van der Waals surface area contributed by atoms with E-state index in [-0.39, 0.29) is 25.3 Å². The number of esters is 1. The molecule has 0 spiro atoms. The van der Waals surface area contributed by atoms with Crippen LogP contribution >= 0.6 is 0 Å². The molecule has 0 aliphatic rings. The third-order valence-electron chi connectivity index (χ3n) is 4.71. The zero-order valence-electron chi connectivity index (χ0n) is 16.7. The van der Waals surface area contributed by atoms with Gasteiger partial charge in [0.05, 0.1) is 6.61 Å². The van der Waals surface area contributed by atoms with Crippen LogP contribution in [0.3, 0.4) is 0 Å². The monoisotopic (exact) mass is 410 g/mol. The molecule has 0 aliphatic heterocycles. The molecular weight excluding hydrogens is 386 g/mol. The number of aromatic nitrogens is 1. The summed E-state index contributed by atoms with van der Waals surface area (Å²) in [7, 11) is 0. The van der Waals surface area contributed by atoms with Crippen molar-refractivity contribution in [3.8, 4) is 0 Å². The number of rotatable bonds is 9. The van der Waals surface area contributed by atoms with Gasteiger partial charge in [0.1, 0.15) is 6.04 Å². The highest BCUT2D eigenvalue weighted by Gasteiger charge is 2.52. The number of carbonyl (C=O) groups is 1. The van der Waals surface area contributed by atoms with Crippen LogP contribution in [0.4, 0.5) is 8.78 Å². The number of benzene rings is 2. The molecule has 1 unspecified atom stereocenters. The van der Waals surface area contributed by atoms with Crippen molar-refractivity contribution < 1.29 is 18.3 Å². The zero-order chi connectivity index (χ0) is 21.4. The first-order chi connectivity index (χ1) is 14.5. The molecule has 0 saturated carbocycles. The Morgan fingerprint density at radius 1 is 0.967 bits per heavy atom. The van der Waals surface area contributed by atoms with Gasteiger partial charge in [0.25, 0.3) is 0 Å². The van der Waals surface area contributed by atoms with Gasteiger partial charge in [0.2, 0.25) is 0 Å². The number of nitrogens with zero attached hydrogens (tertiary/aromatic N) is 2. The Morgan fingerprint density at radius 2 is 1.53 bits per heavy atom. The third-order valence-corrected chi connectivity index (χ3v) is 4.71. The summed E-state index contributed by atoms with van der Waals surface area (Å²) in [4.78, 5) is 17.9. The standard InChI is InChI=1S/C24H24F2N2O2/c1-2-30-23(29)24(25,26)22(21-14-9-15-27-16-21)28(17-19-10-5-3-6-11-19)18-20-12-7-4-8-13-20/h3-16,22H,2,17-18H2,1H3. The fourth-order valence-corrected chi connectivity index (χ4v) is 3.40. The number of alkyl halides is 2. The van der Waals surface area contributed by atoms with Crippen molar-refractivity contribution in [2.75, 3.05) is 6.61 Å². The van der Waals surface area contributed by atoms with Gasteiger partial charge in [-0.1, -0.05) is 66.7 Å². The van der Waals surface area contributed by atoms with Gasteiger partial charge in [-0.05, 0) is 29.7 Å². The SMILES string of the molecule is CCOC(=O)C(F)(F)C(c1cccnc1)N(Cc1ccccc1)Cc1ccccc1. The van der Waals surface area contributed by atoms with E-state index in [0.29, 0.717) is 0 Å². The quantitative estimate of drug-likeness (QED) is 0.465. The van der Waals surface area contributed by atoms with Crippen molar-refractivity contribution in [3.63, 3.8) is 0 Å². The second-order valence-corrected chi connectivity index (χ2v) is 6.91. The van der Waals surface area contributed by atoms with Crippen LogP contribution in [0.2, 0.25) is 0 Å². The first-order valence-electron chi connectivity index (χ1n) is 9.79. The highest BCUT2D eigenvalue weighted by molar-refractivity contribution is 5.79. The summed E-state index contributed by atoms with van der Waals surface area (Å²) in [6.07, 6.45) is 2.89. The molecule has 0 aliphatic carbocycles. The number of pyridine rings is 1. The van der Waals surface area contributed by atoms with Gasteiger partial charge in [-0.15, -0.1) is 0 Å². The van der Waals surface area contributed by atoms with E-state index >= 15 is 8.78 Å². The van der Waals surface area contributed by atoms with Gasteiger partial charge >= 0.3 is 11.9 Å². The Morgan fingerprint density at radius 3 is 2.00 bits per heavy atom. The minimum Gasteiger partial charge on any atom is -0.462 e. The minimum absolute atomic E-state index is 0.119. The van der Waals surface area contributed by atoms with Crippen LogP contribution in [0, 0.1) is 0 Å². The van der Waals surface area contributed by atoms with Gasteiger partial charge in [0.15, 0.2) is 0 Å². The van der Waals surface area contributed by atoms with E-state index in [4.69, 9.17) is 4.74 Å². The molecule has 0 radical (unpaired) electrons. The number of hydrogen-bond donors (Lipinski definition) is 0. The van der Waals surface area contributed by atoms with Crippen LogP contribution < -0.4 is 0 Å². The molecule has 3 rings (SSSR count). The lowest BCUT2D eigenvalue weighted by atomic mass is 9.98. The molecule has 2 aromatic carbocycles. The Kier molecular flexibility index (Phi) is 7.25. The summed E-state index contributed by atoms with van der Waals surface area (Å²) < 4.78 is 35.7. The van der Waals surface area contributed by atoms with Crippen molar-refractivity contribution in [3.05, 3.63) is 102 Å². The summed E-state index contributed by atoms with van der Waals surface area (Å²) >= 11 is 0. The summed E-state index contributed by atoms with van der Waals surface area (Å²) in [6, 6.07) is 20.3. The minimum atomic E-state index is -3.76. The predicted molar refractivity (Wildman–Crippen MR) is 111 cm³/mol. The highest BCUT2D eigenvalue weighted by atomic mass is 19.3. The topological polar surface area (TPSA) is 42.4 Å². The van der Waals surface area contributed by atoms with Gasteiger partial charge in [-0.3, -0.25) is 9.88 Å². The molecule has 0 saturated heterocycles. The smallest absolute Gasteiger partial charge is 0.379 e. The summed E-state index contributed by atoms with van der Waals surface area (Å²) in [5, 5.41) is 0. The van der Waals surface area contributed by atoms with Gasteiger partial charge in [-0.2, -0.15) is 8.78 Å². The lowest BCUT2D eigenvalue weighted by Crippen LogP contribution is -2.46. The average Bonchev–Trinajstić information content (AvgIpc) is 2.76. The molecule has 3 aromatic rings. The third kappa shape index (κ3) is 5.27. The maximum absolute atomic E-state index is 15.5. The van der Waals surface area contributed by atoms with E-state index in [1.54, 1.807) is 17.0 Å². The molecule has 1 heterocycles. The van der Waals surface area contributed by atoms with E-state index in [9.17, 15) is 4.79 Å². The maximum Gasteiger partial charge on any atom is 0.379 e. The van der Waals surface area contributed by atoms with E-state index < -0.39 is 17.9 Å². The fraction of sp³-hybridized carbons (Fsp3) is 0.250. The fourth-order valence-electron chi connectivity index (χ4n) is 3.40. The first kappa shape index (κ1) is 21.6. The van der Waals surface area contributed by atoms with Crippen molar-refractivity contribution >= 4 is 5.97 Å². The molecule has 6 heteroatoms. The Hall–Kier alpha value is -3.12. The molecule has 4 nitrogen and oxygen atoms in total. The zero-order valence-corrected chi connectivity index (χ0v) is 16.7. The second kappa shape index (κ2) is 10.1. The number of carbonyl (C=O) groups excluding carboxylic acids is 1. The van der Waals surface area contributed by atoms with Gasteiger partial charge < -0.3 is 4.74 Å². The first-order valence-corrected chi connectivity index (χ1v) is 9.79. The Labute approximate surface area is 175 Å². The molecule has 0 fully saturated rings. The lowest BCUT2D eigenvalue weighted by Gasteiger charge is -2.36.